The van der Waals surface area contributed by atoms with Gasteiger partial charge in [-0.2, -0.15) is 0 Å². The SMILES string of the molecule is CCCn1ccnc(NC(C)CC(C)N)c1=O. The lowest BCUT2D eigenvalue weighted by Gasteiger charge is -2.16. The Morgan fingerprint density at radius 2 is 2.24 bits per heavy atom. The molecule has 0 bridgehead atoms. The maximum absolute atomic E-state index is 12.0. The number of nitrogens with zero attached hydrogens (tertiary/aromatic N) is 2. The minimum Gasteiger partial charge on any atom is -0.363 e. The van der Waals surface area contributed by atoms with Crippen LogP contribution >= 0.6 is 0 Å². The van der Waals surface area contributed by atoms with E-state index in [4.69, 9.17) is 5.73 Å². The molecule has 0 saturated heterocycles. The van der Waals surface area contributed by atoms with Crippen molar-refractivity contribution in [1.29, 1.82) is 0 Å². The van der Waals surface area contributed by atoms with Gasteiger partial charge in [-0.05, 0) is 26.7 Å². The second-order valence-electron chi connectivity index (χ2n) is 4.53. The highest BCUT2D eigenvalue weighted by atomic mass is 16.1. The Balaban J connectivity index is 2.77. The molecular weight excluding hydrogens is 216 g/mol. The first kappa shape index (κ1) is 13.7. The molecule has 0 fully saturated rings. The molecule has 0 saturated carbocycles. The molecule has 0 aromatic carbocycles. The summed E-state index contributed by atoms with van der Waals surface area (Å²) in [6, 6.07) is 0.256. The van der Waals surface area contributed by atoms with Crippen molar-refractivity contribution in [1.82, 2.24) is 9.55 Å². The second kappa shape index (κ2) is 6.39. The smallest absolute Gasteiger partial charge is 0.293 e. The summed E-state index contributed by atoms with van der Waals surface area (Å²) in [5.74, 6) is 0.411. The average Bonchev–Trinajstić information content (AvgIpc) is 2.23. The topological polar surface area (TPSA) is 72.9 Å². The Labute approximate surface area is 102 Å². The van der Waals surface area contributed by atoms with Crippen LogP contribution in [0.3, 0.4) is 0 Å². The summed E-state index contributed by atoms with van der Waals surface area (Å²) < 4.78 is 1.67. The summed E-state index contributed by atoms with van der Waals surface area (Å²) in [7, 11) is 0. The Hall–Kier alpha value is -1.36. The first-order valence-electron chi connectivity index (χ1n) is 6.12. The molecule has 0 radical (unpaired) electrons. The number of hydrogen-bond donors (Lipinski definition) is 2. The quantitative estimate of drug-likeness (QED) is 0.781. The van der Waals surface area contributed by atoms with Gasteiger partial charge >= 0.3 is 0 Å². The van der Waals surface area contributed by atoms with Gasteiger partial charge in [0.1, 0.15) is 0 Å². The van der Waals surface area contributed by atoms with E-state index in [9.17, 15) is 4.79 Å². The lowest BCUT2D eigenvalue weighted by Crippen LogP contribution is -2.31. The van der Waals surface area contributed by atoms with E-state index in [1.807, 2.05) is 20.8 Å². The van der Waals surface area contributed by atoms with Gasteiger partial charge in [-0.25, -0.2) is 4.98 Å². The zero-order valence-electron chi connectivity index (χ0n) is 10.8. The van der Waals surface area contributed by atoms with Gasteiger partial charge in [0, 0.05) is 31.0 Å². The molecule has 17 heavy (non-hydrogen) atoms. The van der Waals surface area contributed by atoms with Gasteiger partial charge in [0.15, 0.2) is 5.82 Å². The summed E-state index contributed by atoms with van der Waals surface area (Å²) in [5.41, 5.74) is 5.65. The third-order valence-corrected chi connectivity index (χ3v) is 2.49. The van der Waals surface area contributed by atoms with Crippen molar-refractivity contribution in [3.63, 3.8) is 0 Å². The normalized spacial score (nSPS) is 14.4. The Morgan fingerprint density at radius 3 is 2.82 bits per heavy atom. The fourth-order valence-electron chi connectivity index (χ4n) is 1.81. The summed E-state index contributed by atoms with van der Waals surface area (Å²) >= 11 is 0. The lowest BCUT2D eigenvalue weighted by molar-refractivity contribution is 0.598. The number of rotatable bonds is 6. The molecule has 2 unspecified atom stereocenters. The number of nitrogens with one attached hydrogen (secondary N) is 1. The molecule has 0 aliphatic carbocycles. The van der Waals surface area contributed by atoms with E-state index in [0.717, 1.165) is 19.4 Å². The van der Waals surface area contributed by atoms with E-state index in [1.54, 1.807) is 17.0 Å². The van der Waals surface area contributed by atoms with Gasteiger partial charge in [0.05, 0.1) is 0 Å². The van der Waals surface area contributed by atoms with Crippen molar-refractivity contribution in [3.8, 4) is 0 Å². The molecule has 0 spiro atoms. The Morgan fingerprint density at radius 1 is 1.53 bits per heavy atom. The fourth-order valence-corrected chi connectivity index (χ4v) is 1.81. The van der Waals surface area contributed by atoms with E-state index in [1.165, 1.54) is 0 Å². The van der Waals surface area contributed by atoms with Crippen LogP contribution in [0.5, 0.6) is 0 Å². The van der Waals surface area contributed by atoms with Crippen LogP contribution in [0.4, 0.5) is 5.82 Å². The molecule has 1 aromatic rings. The van der Waals surface area contributed by atoms with E-state index < -0.39 is 0 Å². The maximum Gasteiger partial charge on any atom is 0.293 e. The summed E-state index contributed by atoms with van der Waals surface area (Å²) in [5, 5.41) is 3.12. The number of hydrogen-bond acceptors (Lipinski definition) is 4. The molecule has 3 N–H and O–H groups in total. The van der Waals surface area contributed by atoms with Crippen LogP contribution in [-0.2, 0) is 6.54 Å². The zero-order chi connectivity index (χ0) is 12.8. The third kappa shape index (κ3) is 4.19. The van der Waals surface area contributed by atoms with Crippen molar-refractivity contribution in [2.75, 3.05) is 5.32 Å². The predicted octanol–water partition coefficient (Wildman–Crippen LogP) is 1.19. The van der Waals surface area contributed by atoms with Crippen molar-refractivity contribution in [3.05, 3.63) is 22.7 Å². The van der Waals surface area contributed by atoms with Crippen LogP contribution in [0.15, 0.2) is 17.2 Å². The zero-order valence-corrected chi connectivity index (χ0v) is 10.8. The summed E-state index contributed by atoms with van der Waals surface area (Å²) in [6.45, 7) is 6.71. The number of aryl methyl sites for hydroxylation is 1. The maximum atomic E-state index is 12.0. The van der Waals surface area contributed by atoms with Crippen molar-refractivity contribution >= 4 is 5.82 Å². The van der Waals surface area contributed by atoms with Gasteiger partial charge < -0.3 is 15.6 Å². The molecule has 1 aromatic heterocycles. The van der Waals surface area contributed by atoms with Gasteiger partial charge in [-0.3, -0.25) is 4.79 Å². The first-order chi connectivity index (χ1) is 8.04. The van der Waals surface area contributed by atoms with Gasteiger partial charge in [0.25, 0.3) is 5.56 Å². The molecule has 5 heteroatoms. The molecule has 2 atom stereocenters. The minimum absolute atomic E-state index is 0.0640. The van der Waals surface area contributed by atoms with Crippen LogP contribution in [0.2, 0.25) is 0 Å². The first-order valence-corrected chi connectivity index (χ1v) is 6.12. The van der Waals surface area contributed by atoms with Crippen molar-refractivity contribution < 1.29 is 0 Å². The van der Waals surface area contributed by atoms with Crippen LogP contribution in [0.25, 0.3) is 0 Å². The number of anilines is 1. The summed E-state index contributed by atoms with van der Waals surface area (Å²) in [4.78, 5) is 16.1. The van der Waals surface area contributed by atoms with Crippen molar-refractivity contribution in [2.24, 2.45) is 5.73 Å². The molecule has 96 valence electrons. The highest BCUT2D eigenvalue weighted by Crippen LogP contribution is 2.02. The third-order valence-electron chi connectivity index (χ3n) is 2.49. The van der Waals surface area contributed by atoms with Crippen LogP contribution in [0.1, 0.15) is 33.6 Å². The van der Waals surface area contributed by atoms with E-state index in [2.05, 4.69) is 10.3 Å². The largest absolute Gasteiger partial charge is 0.363 e. The molecule has 1 rings (SSSR count). The highest BCUT2D eigenvalue weighted by molar-refractivity contribution is 5.31. The van der Waals surface area contributed by atoms with E-state index in [0.29, 0.717) is 5.82 Å². The predicted molar refractivity (Wildman–Crippen MR) is 70.1 cm³/mol. The van der Waals surface area contributed by atoms with Crippen LogP contribution < -0.4 is 16.6 Å². The molecule has 0 aliphatic heterocycles. The van der Waals surface area contributed by atoms with Gasteiger partial charge in [-0.15, -0.1) is 0 Å². The van der Waals surface area contributed by atoms with E-state index >= 15 is 0 Å². The van der Waals surface area contributed by atoms with E-state index in [-0.39, 0.29) is 17.6 Å². The Kier molecular flexibility index (Phi) is 5.15. The fraction of sp³-hybridized carbons (Fsp3) is 0.667. The second-order valence-corrected chi connectivity index (χ2v) is 4.53. The molecule has 5 nitrogen and oxygen atoms in total. The molecule has 0 aliphatic rings. The van der Waals surface area contributed by atoms with Crippen molar-refractivity contribution in [2.45, 2.75) is 52.2 Å². The highest BCUT2D eigenvalue weighted by Gasteiger charge is 2.09. The average molecular weight is 238 g/mol. The molecular formula is C12H22N4O. The number of nitrogens with two attached hydrogens (primary N) is 1. The van der Waals surface area contributed by atoms with Crippen LogP contribution in [-0.4, -0.2) is 21.6 Å². The number of aromatic nitrogens is 2. The standard InChI is InChI=1S/C12H22N4O/c1-4-6-16-7-5-14-11(12(16)17)15-10(3)8-9(2)13/h5,7,9-10H,4,6,8,13H2,1-3H3,(H,14,15). The molecule has 1 heterocycles. The minimum atomic E-state index is -0.0640. The monoisotopic (exact) mass is 238 g/mol. The Bertz CT molecular complexity index is 400. The molecule has 0 amide bonds. The van der Waals surface area contributed by atoms with Crippen LogP contribution in [0, 0.1) is 0 Å². The van der Waals surface area contributed by atoms with Gasteiger partial charge in [0.2, 0.25) is 0 Å². The lowest BCUT2D eigenvalue weighted by atomic mass is 10.1. The van der Waals surface area contributed by atoms with Gasteiger partial charge in [-0.1, -0.05) is 6.92 Å². The summed E-state index contributed by atoms with van der Waals surface area (Å²) in [6.07, 6.45) is 5.10.